The van der Waals surface area contributed by atoms with E-state index in [2.05, 4.69) is 9.95 Å². The third-order valence-electron chi connectivity index (χ3n) is 10.5. The standard InChI is InChI=1S/C45H36N4O9S2/c1-24-16-31(22-29-18-27(4)39(50)20-25(29)2)45(58-60(55,56)42-11-7-9-36-34(42)13-15-38(49-47)44(36)52)32(17-24)23-30-19-28(5)40(21-26(30)3)57-59(53,54)41-10-6-8-35-33(41)12-14-37(48-46)43(35)51/h6-21H,22-23H2,1-5H3,(H-2,50,51,52). The second-order valence-electron chi connectivity index (χ2n) is 14.7. The summed E-state index contributed by atoms with van der Waals surface area (Å²) < 4.78 is 67.9. The van der Waals surface area contributed by atoms with Crippen molar-refractivity contribution in [1.29, 1.82) is 10.8 Å². The van der Waals surface area contributed by atoms with Gasteiger partial charge in [0.05, 0.1) is 0 Å². The molecule has 302 valence electrons. The van der Waals surface area contributed by atoms with E-state index in [0.29, 0.717) is 33.4 Å². The molecule has 0 saturated carbocycles. The van der Waals surface area contributed by atoms with Gasteiger partial charge in [-0.2, -0.15) is 16.8 Å². The Labute approximate surface area is 346 Å². The number of hydrogen-bond donors (Lipinski definition) is 1. The van der Waals surface area contributed by atoms with Gasteiger partial charge in [0, 0.05) is 46.9 Å². The van der Waals surface area contributed by atoms with Crippen LogP contribution in [0.25, 0.3) is 31.5 Å². The summed E-state index contributed by atoms with van der Waals surface area (Å²) >= 11 is 0. The first-order chi connectivity index (χ1) is 28.4. The van der Waals surface area contributed by atoms with E-state index in [1.54, 1.807) is 45.0 Å². The van der Waals surface area contributed by atoms with Crippen molar-refractivity contribution in [2.45, 2.75) is 57.3 Å². The Morgan fingerprint density at radius 3 is 1.52 bits per heavy atom. The van der Waals surface area contributed by atoms with Crippen LogP contribution in [-0.2, 0) is 33.1 Å². The van der Waals surface area contributed by atoms with Gasteiger partial charge in [-0.05, 0) is 127 Å². The second-order valence-corrected chi connectivity index (χ2v) is 17.7. The predicted octanol–water partition coefficient (Wildman–Crippen LogP) is 9.07. The third kappa shape index (κ3) is 7.59. The topological polar surface area (TPSA) is 209 Å². The van der Waals surface area contributed by atoms with Gasteiger partial charge in [-0.3, -0.25) is 0 Å². The van der Waals surface area contributed by atoms with E-state index in [9.17, 15) is 42.9 Å². The summed E-state index contributed by atoms with van der Waals surface area (Å²) in [6.07, 6.45) is 0.372. The Bertz CT molecular complexity index is 3260. The van der Waals surface area contributed by atoms with E-state index < -0.39 is 31.7 Å². The minimum atomic E-state index is -4.63. The number of rotatable bonds is 10. The maximum absolute atomic E-state index is 14.4. The summed E-state index contributed by atoms with van der Waals surface area (Å²) in [7, 11) is -9.12. The molecule has 7 aromatic rings. The molecule has 0 heterocycles. The average molecular weight is 841 g/mol. The van der Waals surface area contributed by atoms with Crippen molar-refractivity contribution in [3.8, 4) is 28.7 Å². The molecule has 1 N–H and O–H groups in total. The van der Waals surface area contributed by atoms with Crippen molar-refractivity contribution in [3.63, 3.8) is 0 Å². The highest BCUT2D eigenvalue weighted by atomic mass is 32.2. The van der Waals surface area contributed by atoms with Crippen molar-refractivity contribution in [3.05, 3.63) is 157 Å². The van der Waals surface area contributed by atoms with Gasteiger partial charge >= 0.3 is 31.6 Å². The molecule has 15 heteroatoms. The molecular formula is C45H36N4O9S2. The Kier molecular flexibility index (Phi) is 10.6. The van der Waals surface area contributed by atoms with Gasteiger partial charge in [0.1, 0.15) is 27.0 Å². The SMILES string of the molecule is Cc1cc(Cc2cc(C)c(O)cc2C)c(OS(=O)(=O)c2cccc3c([O-])c([N+]#N)ccc23)c(Cc2cc(C)c(OS(=O)(=O)c3cccc4c([O-])c([N+]#N)ccc34)cc2C)c1. The predicted molar refractivity (Wildman–Crippen MR) is 222 cm³/mol. The summed E-state index contributed by atoms with van der Waals surface area (Å²) in [6.45, 7) is 8.90. The molecule has 0 aromatic heterocycles. The van der Waals surface area contributed by atoms with E-state index in [4.69, 9.17) is 8.37 Å². The maximum atomic E-state index is 14.4. The Morgan fingerprint density at radius 2 is 1.02 bits per heavy atom. The van der Waals surface area contributed by atoms with Gasteiger partial charge in [0.2, 0.25) is 10.8 Å². The molecule has 0 radical (unpaired) electrons. The first-order valence-corrected chi connectivity index (χ1v) is 21.3. The Morgan fingerprint density at radius 1 is 0.550 bits per heavy atom. The lowest BCUT2D eigenvalue weighted by Crippen LogP contribution is -2.14. The van der Waals surface area contributed by atoms with Gasteiger partial charge in [0.25, 0.3) is 0 Å². The molecule has 0 spiro atoms. The lowest BCUT2D eigenvalue weighted by molar-refractivity contribution is -0.265. The molecule has 0 unspecified atom stereocenters. The maximum Gasteiger partial charge on any atom is 0.378 e. The van der Waals surface area contributed by atoms with E-state index in [1.807, 2.05) is 26.0 Å². The number of nitrogens with zero attached hydrogens (tertiary/aromatic N) is 4. The van der Waals surface area contributed by atoms with Crippen LogP contribution in [0.1, 0.15) is 50.1 Å². The monoisotopic (exact) mass is 840 g/mol. The number of benzene rings is 7. The van der Waals surface area contributed by atoms with Crippen LogP contribution in [0, 0.1) is 45.4 Å². The van der Waals surface area contributed by atoms with Crippen molar-refractivity contribution in [2.24, 2.45) is 0 Å². The average Bonchev–Trinajstić information content (AvgIpc) is 3.20. The Balaban J connectivity index is 1.31. The summed E-state index contributed by atoms with van der Waals surface area (Å²) in [5.41, 5.74) is 5.34. The molecule has 0 atom stereocenters. The molecule has 13 nitrogen and oxygen atoms in total. The number of phenols is 1. The number of fused-ring (bicyclic) bond motifs is 2. The number of phenolic OH excluding ortho intramolecular Hbond substituents is 1. The zero-order valence-corrected chi connectivity index (χ0v) is 34.6. The number of aryl methyl sites for hydroxylation is 5. The van der Waals surface area contributed by atoms with E-state index in [0.717, 1.165) is 16.7 Å². The number of hydrogen-bond acceptors (Lipinski definition) is 11. The fourth-order valence-electron chi connectivity index (χ4n) is 7.38. The smallest absolute Gasteiger partial charge is 0.378 e. The van der Waals surface area contributed by atoms with E-state index in [-0.39, 0.29) is 72.8 Å². The van der Waals surface area contributed by atoms with Crippen LogP contribution < -0.4 is 18.6 Å². The highest BCUT2D eigenvalue weighted by molar-refractivity contribution is 7.87. The lowest BCUT2D eigenvalue weighted by atomic mass is 9.92. The molecule has 60 heavy (non-hydrogen) atoms. The normalized spacial score (nSPS) is 11.7. The number of aromatic hydroxyl groups is 1. The molecule has 0 amide bonds. The van der Waals surface area contributed by atoms with Crippen LogP contribution in [0.15, 0.2) is 107 Å². The van der Waals surface area contributed by atoms with Gasteiger partial charge in [-0.25, -0.2) is 0 Å². The highest BCUT2D eigenvalue weighted by Crippen LogP contribution is 2.40. The largest absolute Gasteiger partial charge is 0.867 e. The number of diazo groups is 2. The molecule has 0 saturated heterocycles. The van der Waals surface area contributed by atoms with Crippen LogP contribution in [0.3, 0.4) is 0 Å². The van der Waals surface area contributed by atoms with Crippen LogP contribution >= 0.6 is 0 Å². The molecule has 7 rings (SSSR count). The summed E-state index contributed by atoms with van der Waals surface area (Å²) in [5.74, 6) is -1.09. The molecule has 0 aliphatic heterocycles. The molecule has 0 fully saturated rings. The molecule has 7 aromatic carbocycles. The molecule has 0 aliphatic rings. The minimum absolute atomic E-state index is 0.0207. The van der Waals surface area contributed by atoms with Crippen molar-refractivity contribution < 1.29 is 40.5 Å². The van der Waals surface area contributed by atoms with Crippen LogP contribution in [0.4, 0.5) is 11.4 Å². The second kappa shape index (κ2) is 15.5. The summed E-state index contributed by atoms with van der Waals surface area (Å²) in [6, 6.07) is 23.9. The first kappa shape index (κ1) is 41.0. The van der Waals surface area contributed by atoms with Crippen LogP contribution in [0.2, 0.25) is 0 Å². The van der Waals surface area contributed by atoms with Crippen LogP contribution in [-0.4, -0.2) is 21.9 Å². The lowest BCUT2D eigenvalue weighted by Gasteiger charge is -2.20. The van der Waals surface area contributed by atoms with E-state index in [1.165, 1.54) is 60.7 Å². The first-order valence-electron chi connectivity index (χ1n) is 18.5. The van der Waals surface area contributed by atoms with Gasteiger partial charge in [0.15, 0.2) is 9.95 Å². The highest BCUT2D eigenvalue weighted by Gasteiger charge is 2.27. The quantitative estimate of drug-likeness (QED) is 0.101. The summed E-state index contributed by atoms with van der Waals surface area (Å²) in [4.78, 5) is 5.46. The van der Waals surface area contributed by atoms with Gasteiger partial charge < -0.3 is 23.7 Å². The fraction of sp³-hybridized carbons (Fsp3) is 0.156. The third-order valence-corrected chi connectivity index (χ3v) is 13.1. The minimum Gasteiger partial charge on any atom is -0.867 e. The van der Waals surface area contributed by atoms with Crippen LogP contribution in [0.5, 0.6) is 28.7 Å². The molecular weight excluding hydrogens is 805 g/mol. The Hall–Kier alpha value is -7.20. The van der Waals surface area contributed by atoms with E-state index >= 15 is 0 Å². The van der Waals surface area contributed by atoms with Crippen molar-refractivity contribution in [2.75, 3.05) is 0 Å². The fourth-order valence-corrected chi connectivity index (χ4v) is 9.79. The molecule has 0 bridgehead atoms. The van der Waals surface area contributed by atoms with Crippen molar-refractivity contribution >= 4 is 53.2 Å². The zero-order valence-electron chi connectivity index (χ0n) is 33.0. The van der Waals surface area contributed by atoms with Gasteiger partial charge in [-0.1, -0.05) is 54.1 Å². The van der Waals surface area contributed by atoms with Gasteiger partial charge in [-0.15, -0.1) is 0 Å². The summed E-state index contributed by atoms with van der Waals surface area (Å²) in [5, 5.41) is 54.8. The molecule has 0 aliphatic carbocycles. The zero-order chi connectivity index (χ0) is 43.3. The van der Waals surface area contributed by atoms with Crippen molar-refractivity contribution in [1.82, 2.24) is 0 Å².